The Morgan fingerprint density at radius 1 is 0.722 bits per heavy atom. The van der Waals surface area contributed by atoms with Crippen molar-refractivity contribution in [3.05, 3.63) is 85.5 Å². The first-order chi connectivity index (χ1) is 17.4. The Bertz CT molecular complexity index is 1540. The number of rotatable bonds is 2. The van der Waals surface area contributed by atoms with Crippen LogP contribution in [0.3, 0.4) is 0 Å². The molecule has 4 aromatic heterocycles. The largest absolute Gasteiger partial charge is 0.333 e. The number of fused-ring (bicyclic) bond motifs is 2. The normalized spacial score (nSPS) is 10.7. The number of amides is 2. The van der Waals surface area contributed by atoms with Gasteiger partial charge in [0.1, 0.15) is 24.3 Å². The number of nitrogens with zero attached hydrogens (tertiary/aromatic N) is 6. The SMILES string of the molecule is O=C(Nc1nc2cc(F)ccc2s1)n1ccnc1.O=C(Nc1nc2ccc(F)cc2s1)n1ccnc1. The van der Waals surface area contributed by atoms with Crippen molar-refractivity contribution in [1.82, 2.24) is 29.1 Å². The van der Waals surface area contributed by atoms with Crippen LogP contribution in [-0.2, 0) is 0 Å². The van der Waals surface area contributed by atoms with Crippen LogP contribution in [0.4, 0.5) is 28.6 Å². The Morgan fingerprint density at radius 3 is 1.89 bits per heavy atom. The monoisotopic (exact) mass is 524 g/mol. The molecular formula is C22H14F2N8O2S2. The van der Waals surface area contributed by atoms with Crippen LogP contribution in [0.25, 0.3) is 20.4 Å². The molecule has 0 saturated heterocycles. The van der Waals surface area contributed by atoms with Crippen LogP contribution in [0.5, 0.6) is 0 Å². The van der Waals surface area contributed by atoms with Crippen molar-refractivity contribution in [2.75, 3.05) is 10.6 Å². The average Bonchev–Trinajstić information content (AvgIpc) is 3.65. The van der Waals surface area contributed by atoms with E-state index in [1.165, 1.54) is 93.5 Å². The van der Waals surface area contributed by atoms with Crippen LogP contribution in [0.15, 0.2) is 73.8 Å². The number of aromatic nitrogens is 6. The minimum absolute atomic E-state index is 0.321. The maximum Gasteiger partial charge on any atom is 0.333 e. The lowest BCUT2D eigenvalue weighted by Gasteiger charge is -1.99. The lowest BCUT2D eigenvalue weighted by molar-refractivity contribution is 0.252. The lowest BCUT2D eigenvalue weighted by atomic mass is 10.3. The molecule has 180 valence electrons. The Kier molecular flexibility index (Phi) is 6.42. The number of thiazole rings is 2. The zero-order chi connectivity index (χ0) is 25.1. The van der Waals surface area contributed by atoms with E-state index in [1.807, 2.05) is 0 Å². The Hall–Kier alpha value is -4.56. The summed E-state index contributed by atoms with van der Waals surface area (Å²) < 4.78 is 30.1. The first-order valence-corrected chi connectivity index (χ1v) is 11.8. The fourth-order valence-electron chi connectivity index (χ4n) is 2.98. The van der Waals surface area contributed by atoms with Crippen LogP contribution >= 0.6 is 22.7 Å². The average molecular weight is 525 g/mol. The van der Waals surface area contributed by atoms with Crippen LogP contribution in [0.2, 0.25) is 0 Å². The highest BCUT2D eigenvalue weighted by Crippen LogP contribution is 2.27. The van der Waals surface area contributed by atoms with Gasteiger partial charge in [-0.25, -0.2) is 38.3 Å². The quantitative estimate of drug-likeness (QED) is 0.312. The summed E-state index contributed by atoms with van der Waals surface area (Å²) in [7, 11) is 0. The summed E-state index contributed by atoms with van der Waals surface area (Å²) in [6.07, 6.45) is 8.86. The molecule has 0 aliphatic carbocycles. The summed E-state index contributed by atoms with van der Waals surface area (Å²) in [5.41, 5.74) is 1.18. The van der Waals surface area contributed by atoms with E-state index < -0.39 is 0 Å². The van der Waals surface area contributed by atoms with Crippen LogP contribution in [-0.4, -0.2) is 41.1 Å². The van der Waals surface area contributed by atoms with E-state index in [9.17, 15) is 18.4 Å². The second-order valence-corrected chi connectivity index (χ2v) is 9.12. The molecule has 6 rings (SSSR count). The summed E-state index contributed by atoms with van der Waals surface area (Å²) in [6, 6.07) is 7.92. The highest BCUT2D eigenvalue weighted by molar-refractivity contribution is 7.22. The molecule has 2 aromatic carbocycles. The summed E-state index contributed by atoms with van der Waals surface area (Å²) in [6.45, 7) is 0. The van der Waals surface area contributed by atoms with Crippen molar-refractivity contribution >= 4 is 65.4 Å². The van der Waals surface area contributed by atoms with E-state index in [-0.39, 0.29) is 23.7 Å². The molecule has 2 N–H and O–H groups in total. The van der Waals surface area contributed by atoms with Crippen molar-refractivity contribution < 1.29 is 18.4 Å². The predicted octanol–water partition coefficient (Wildman–Crippen LogP) is 5.42. The minimum Gasteiger partial charge on any atom is -0.283 e. The number of benzene rings is 2. The van der Waals surface area contributed by atoms with Gasteiger partial charge in [-0.1, -0.05) is 22.7 Å². The first kappa shape index (κ1) is 23.2. The zero-order valence-corrected chi connectivity index (χ0v) is 19.6. The molecule has 36 heavy (non-hydrogen) atoms. The zero-order valence-electron chi connectivity index (χ0n) is 18.0. The molecule has 0 aliphatic rings. The van der Waals surface area contributed by atoms with Crippen LogP contribution in [0, 0.1) is 11.6 Å². The molecule has 0 radical (unpaired) electrons. The van der Waals surface area contributed by atoms with Crippen molar-refractivity contribution in [3.63, 3.8) is 0 Å². The van der Waals surface area contributed by atoms with Crippen molar-refractivity contribution in [3.8, 4) is 0 Å². The molecule has 0 saturated carbocycles. The highest BCUT2D eigenvalue weighted by Gasteiger charge is 2.10. The summed E-state index contributed by atoms with van der Waals surface area (Å²) in [5, 5.41) is 6.09. The van der Waals surface area contributed by atoms with Gasteiger partial charge < -0.3 is 0 Å². The number of nitrogens with one attached hydrogen (secondary N) is 2. The molecule has 0 aliphatic heterocycles. The first-order valence-electron chi connectivity index (χ1n) is 10.2. The molecule has 0 bridgehead atoms. The number of imidazole rings is 2. The number of hydrogen-bond donors (Lipinski definition) is 2. The summed E-state index contributed by atoms with van der Waals surface area (Å²) in [4.78, 5) is 39.3. The lowest BCUT2D eigenvalue weighted by Crippen LogP contribution is -2.17. The second-order valence-electron chi connectivity index (χ2n) is 7.06. The fourth-order valence-corrected chi connectivity index (χ4v) is 4.69. The van der Waals surface area contributed by atoms with Crippen molar-refractivity contribution in [2.24, 2.45) is 0 Å². The van der Waals surface area contributed by atoms with E-state index in [4.69, 9.17) is 0 Å². The molecule has 4 heterocycles. The molecule has 0 spiro atoms. The standard InChI is InChI=1S/2C11H7FN4OS/c12-7-1-2-9-8(5-7)14-10(18-9)15-11(17)16-4-3-13-6-16;12-7-1-2-8-9(5-7)18-10(14-8)15-11(17)16-4-3-13-6-16/h2*1-6H,(H,14,15,17). The third kappa shape index (κ3) is 5.24. The van der Waals surface area contributed by atoms with Gasteiger partial charge >= 0.3 is 12.1 Å². The Balaban J connectivity index is 0.000000148. The van der Waals surface area contributed by atoms with Gasteiger partial charge in [0.25, 0.3) is 0 Å². The van der Waals surface area contributed by atoms with Crippen LogP contribution < -0.4 is 10.6 Å². The molecule has 6 aromatic rings. The van der Waals surface area contributed by atoms with Gasteiger partial charge in [0, 0.05) is 30.9 Å². The van der Waals surface area contributed by atoms with Crippen molar-refractivity contribution in [2.45, 2.75) is 0 Å². The van der Waals surface area contributed by atoms with E-state index in [1.54, 1.807) is 12.1 Å². The summed E-state index contributed by atoms with van der Waals surface area (Å²) in [5.74, 6) is -0.668. The molecule has 2 amide bonds. The second kappa shape index (κ2) is 9.97. The van der Waals surface area contributed by atoms with E-state index >= 15 is 0 Å². The number of hydrogen-bond acceptors (Lipinski definition) is 8. The van der Waals surface area contributed by atoms with Gasteiger partial charge in [-0.3, -0.25) is 19.8 Å². The smallest absolute Gasteiger partial charge is 0.283 e. The maximum absolute atomic E-state index is 13.0. The van der Waals surface area contributed by atoms with Gasteiger partial charge in [-0.15, -0.1) is 0 Å². The molecule has 10 nitrogen and oxygen atoms in total. The fraction of sp³-hybridized carbons (Fsp3) is 0. The number of halogens is 2. The van der Waals surface area contributed by atoms with Crippen molar-refractivity contribution in [1.29, 1.82) is 0 Å². The minimum atomic E-state index is -0.355. The van der Waals surface area contributed by atoms with Gasteiger partial charge in [-0.2, -0.15) is 0 Å². The molecule has 0 fully saturated rings. The Morgan fingerprint density at radius 2 is 1.28 bits per heavy atom. The molecule has 14 heteroatoms. The highest BCUT2D eigenvalue weighted by atomic mass is 32.1. The van der Waals surface area contributed by atoms with Gasteiger partial charge in [0.15, 0.2) is 10.3 Å². The molecule has 0 atom stereocenters. The topological polar surface area (TPSA) is 120 Å². The van der Waals surface area contributed by atoms with Crippen LogP contribution in [0.1, 0.15) is 0 Å². The van der Waals surface area contributed by atoms with E-state index in [0.29, 0.717) is 26.0 Å². The number of anilines is 2. The molecular weight excluding hydrogens is 510 g/mol. The molecule has 0 unspecified atom stereocenters. The Labute approximate surface area is 208 Å². The maximum atomic E-state index is 13.0. The number of carbonyl (C=O) groups is 2. The van der Waals surface area contributed by atoms with Gasteiger partial charge in [-0.05, 0) is 30.3 Å². The van der Waals surface area contributed by atoms with Gasteiger partial charge in [0.2, 0.25) is 0 Å². The number of carbonyl (C=O) groups excluding carboxylic acids is 2. The summed E-state index contributed by atoms with van der Waals surface area (Å²) >= 11 is 2.51. The third-order valence-electron chi connectivity index (χ3n) is 4.61. The van der Waals surface area contributed by atoms with E-state index in [0.717, 1.165) is 4.70 Å². The predicted molar refractivity (Wildman–Crippen MR) is 132 cm³/mol. The van der Waals surface area contributed by atoms with Gasteiger partial charge in [0.05, 0.1) is 20.4 Å². The third-order valence-corrected chi connectivity index (χ3v) is 6.49. The van der Waals surface area contributed by atoms with E-state index in [2.05, 4.69) is 30.6 Å².